The zero-order chi connectivity index (χ0) is 29.8. The van der Waals surface area contributed by atoms with Crippen molar-refractivity contribution < 1.29 is 37.6 Å². The number of H-pyrrole nitrogens is 1. The van der Waals surface area contributed by atoms with E-state index in [1.54, 1.807) is 34.6 Å². The molecule has 1 aromatic rings. The van der Waals surface area contributed by atoms with E-state index in [9.17, 15) is 24.3 Å². The van der Waals surface area contributed by atoms with Crippen LogP contribution in [-0.4, -0.2) is 74.2 Å². The second kappa shape index (κ2) is 13.7. The first kappa shape index (κ1) is 34.0. The van der Waals surface area contributed by atoms with E-state index < -0.39 is 71.6 Å². The summed E-state index contributed by atoms with van der Waals surface area (Å²) in [6.07, 6.45) is -4.61. The molecule has 1 unspecified atom stereocenters. The first-order valence-electron chi connectivity index (χ1n) is 11.9. The Balaban J connectivity index is 2.16. The fraction of sp³-hybridized carbons (Fsp3) is 0.727. The number of aliphatic hydroxyl groups is 1. The summed E-state index contributed by atoms with van der Waals surface area (Å²) in [5.41, 5.74) is -2.28. The molecule has 3 N–H and O–H groups in total. The van der Waals surface area contributed by atoms with Crippen LogP contribution in [0.4, 0.5) is 4.39 Å². The molecule has 2 heterocycles. The molecule has 6 atom stereocenters. The van der Waals surface area contributed by atoms with Gasteiger partial charge in [0.2, 0.25) is 0 Å². The Hall–Kier alpha value is -1.16. The highest BCUT2D eigenvalue weighted by Crippen LogP contribution is 2.48. The molecule has 1 aliphatic heterocycles. The highest BCUT2D eigenvalue weighted by atomic mass is 35.5. The summed E-state index contributed by atoms with van der Waals surface area (Å²) in [6, 6.07) is 0.00297. The van der Waals surface area contributed by atoms with Crippen molar-refractivity contribution in [1.29, 1.82) is 0 Å². The molecular weight excluding hydrogens is 600 g/mol. The highest BCUT2D eigenvalue weighted by Gasteiger charge is 2.58. The maximum absolute atomic E-state index is 15.3. The van der Waals surface area contributed by atoms with Crippen LogP contribution in [0.15, 0.2) is 21.9 Å². The van der Waals surface area contributed by atoms with Crippen LogP contribution in [0.5, 0.6) is 0 Å². The van der Waals surface area contributed by atoms with Crippen molar-refractivity contribution in [3.05, 3.63) is 33.1 Å². The summed E-state index contributed by atoms with van der Waals surface area (Å²) in [5.74, 6) is -0.388. The van der Waals surface area contributed by atoms with Gasteiger partial charge in [-0.25, -0.2) is 14.3 Å². The number of aliphatic hydroxyl groups excluding tert-OH is 1. The first-order chi connectivity index (χ1) is 17.9. The number of rotatable bonds is 12. The van der Waals surface area contributed by atoms with Gasteiger partial charge in [0.1, 0.15) is 18.2 Å². The summed E-state index contributed by atoms with van der Waals surface area (Å²) in [4.78, 5) is 50.0. The van der Waals surface area contributed by atoms with Crippen LogP contribution in [0.25, 0.3) is 0 Å². The van der Waals surface area contributed by atoms with Crippen LogP contribution in [0.2, 0.25) is 0 Å². The normalized spacial score (nSPS) is 25.8. The van der Waals surface area contributed by atoms with Gasteiger partial charge in [0.15, 0.2) is 11.3 Å². The number of thioether (sulfide) groups is 1. The Bertz CT molecular complexity index is 1190. The number of carbonyl (C=O) groups is 2. The third-order valence-corrected chi connectivity index (χ3v) is 9.46. The lowest BCUT2D eigenvalue weighted by molar-refractivity contribution is -0.149. The number of halogens is 2. The van der Waals surface area contributed by atoms with Crippen molar-refractivity contribution >= 4 is 52.9 Å². The molecule has 0 bridgehead atoms. The lowest BCUT2D eigenvalue weighted by Gasteiger charge is -2.28. The van der Waals surface area contributed by atoms with Crippen LogP contribution in [0.3, 0.4) is 0 Å². The quantitative estimate of drug-likeness (QED) is 0.134. The maximum atomic E-state index is 15.3. The number of alkyl halides is 2. The van der Waals surface area contributed by atoms with Crippen LogP contribution in [-0.2, 0) is 39.9 Å². The standard InChI is InChI=1S/C22H34ClFN3O9PS2/c1-12(2)35-17(30)13(3)26-37(38,33-9-10-39-19(31)21(4,5)6)34-11-14-16(29)22(23,24)18(36-14)27-8-7-15(28)25-20(27)32/h7-8,12-14,16,18,29H,9-11H2,1-6H3,(H,26,38)(H,25,28,32)/t13-,14-,16-,18-,22-,37?/m1/s1. The molecule has 0 aromatic carbocycles. The molecule has 17 heteroatoms. The minimum absolute atomic E-state index is 0.0330. The summed E-state index contributed by atoms with van der Waals surface area (Å²) in [5, 5.41) is 10.3. The van der Waals surface area contributed by atoms with Crippen molar-refractivity contribution in [2.45, 2.75) is 77.3 Å². The van der Waals surface area contributed by atoms with E-state index in [0.717, 1.165) is 24.0 Å². The number of nitrogens with one attached hydrogen (secondary N) is 2. The number of carbonyl (C=O) groups excluding carboxylic acids is 2. The predicted octanol–water partition coefficient (Wildman–Crippen LogP) is 2.19. The number of nitrogens with zero attached hydrogens (tertiary/aromatic N) is 1. The topological polar surface area (TPSA) is 158 Å². The Kier molecular flexibility index (Phi) is 11.9. The minimum atomic E-state index is -3.52. The fourth-order valence-corrected chi connectivity index (χ4v) is 6.70. The molecular formula is C22H34ClFN3O9PS2. The van der Waals surface area contributed by atoms with Crippen molar-refractivity contribution in [1.82, 2.24) is 14.6 Å². The van der Waals surface area contributed by atoms with E-state index in [1.165, 1.54) is 6.92 Å². The molecule has 0 amide bonds. The van der Waals surface area contributed by atoms with E-state index in [0.29, 0.717) is 4.57 Å². The predicted molar refractivity (Wildman–Crippen MR) is 148 cm³/mol. The second-order valence-electron chi connectivity index (χ2n) is 10.0. The third-order valence-electron chi connectivity index (χ3n) is 5.14. The Morgan fingerprint density at radius 2 is 2.00 bits per heavy atom. The molecule has 2 rings (SSSR count). The molecule has 12 nitrogen and oxygen atoms in total. The number of aromatic amines is 1. The van der Waals surface area contributed by atoms with Gasteiger partial charge in [0.25, 0.3) is 17.3 Å². The SMILES string of the molecule is CC(C)OC(=O)[C@@H](C)NP(=S)(OCCSC(=O)C(C)(C)C)OC[C@H]1O[C@@H](n2ccc(=O)[nH]c2=O)[C@@](F)(Cl)[C@@H]1O. The van der Waals surface area contributed by atoms with Gasteiger partial charge in [-0.05, 0) is 32.6 Å². The lowest BCUT2D eigenvalue weighted by atomic mass is 10.00. The van der Waals surface area contributed by atoms with Gasteiger partial charge in [-0.1, -0.05) is 44.1 Å². The van der Waals surface area contributed by atoms with Crippen LogP contribution >= 0.6 is 30.0 Å². The summed E-state index contributed by atoms with van der Waals surface area (Å²) in [6.45, 7) is 6.09. The van der Waals surface area contributed by atoms with Gasteiger partial charge in [-0.15, -0.1) is 0 Å². The van der Waals surface area contributed by atoms with Crippen molar-refractivity contribution in [2.24, 2.45) is 5.41 Å². The van der Waals surface area contributed by atoms with E-state index >= 15 is 4.39 Å². The second-order valence-corrected chi connectivity index (χ2v) is 14.9. The Labute approximate surface area is 239 Å². The van der Waals surface area contributed by atoms with Gasteiger partial charge in [-0.2, -0.15) is 0 Å². The van der Waals surface area contributed by atoms with Gasteiger partial charge < -0.3 is 23.6 Å². The summed E-state index contributed by atoms with van der Waals surface area (Å²) >= 11 is 12.5. The molecule has 39 heavy (non-hydrogen) atoms. The van der Waals surface area contributed by atoms with Crippen LogP contribution in [0.1, 0.15) is 47.8 Å². The largest absolute Gasteiger partial charge is 0.462 e. The molecule has 0 saturated carbocycles. The summed E-state index contributed by atoms with van der Waals surface area (Å²) in [7, 11) is 0. The molecule has 1 aromatic heterocycles. The smallest absolute Gasteiger partial charge is 0.330 e. The summed E-state index contributed by atoms with van der Waals surface area (Å²) < 4.78 is 38.2. The number of esters is 1. The molecule has 0 aliphatic carbocycles. The monoisotopic (exact) mass is 633 g/mol. The van der Waals surface area contributed by atoms with Gasteiger partial charge >= 0.3 is 11.7 Å². The van der Waals surface area contributed by atoms with Crippen LogP contribution < -0.4 is 16.3 Å². The Morgan fingerprint density at radius 3 is 2.56 bits per heavy atom. The third kappa shape index (κ3) is 9.44. The van der Waals surface area contributed by atoms with Crippen LogP contribution in [0, 0.1) is 5.41 Å². The van der Waals surface area contributed by atoms with E-state index in [1.807, 2.05) is 4.98 Å². The highest BCUT2D eigenvalue weighted by molar-refractivity contribution is 8.13. The zero-order valence-electron chi connectivity index (χ0n) is 22.3. The molecule has 0 spiro atoms. The molecule has 1 fully saturated rings. The van der Waals surface area contributed by atoms with Gasteiger partial charge in [0.05, 0.1) is 19.3 Å². The van der Waals surface area contributed by atoms with E-state index in [4.69, 9.17) is 41.9 Å². The molecule has 222 valence electrons. The van der Waals surface area contributed by atoms with Crippen molar-refractivity contribution in [3.8, 4) is 0 Å². The Morgan fingerprint density at radius 1 is 1.36 bits per heavy atom. The average molecular weight is 634 g/mol. The minimum Gasteiger partial charge on any atom is -0.462 e. The number of aromatic nitrogens is 2. The number of hydrogen-bond acceptors (Lipinski definition) is 11. The van der Waals surface area contributed by atoms with Crippen molar-refractivity contribution in [2.75, 3.05) is 19.0 Å². The van der Waals surface area contributed by atoms with Crippen molar-refractivity contribution in [3.63, 3.8) is 0 Å². The van der Waals surface area contributed by atoms with E-state index in [2.05, 4.69) is 5.09 Å². The number of ether oxygens (including phenoxy) is 2. The maximum Gasteiger partial charge on any atom is 0.330 e. The zero-order valence-corrected chi connectivity index (χ0v) is 25.6. The molecule has 1 aliphatic rings. The number of hydrogen-bond donors (Lipinski definition) is 3. The fourth-order valence-electron chi connectivity index (χ4n) is 3.13. The van der Waals surface area contributed by atoms with E-state index in [-0.39, 0.29) is 17.5 Å². The lowest BCUT2D eigenvalue weighted by Crippen LogP contribution is -2.42. The molecule has 1 saturated heterocycles. The van der Waals surface area contributed by atoms with Gasteiger partial charge in [-0.3, -0.25) is 23.9 Å². The first-order valence-corrected chi connectivity index (χ1v) is 15.9. The average Bonchev–Trinajstić information content (AvgIpc) is 3.03. The van der Waals surface area contributed by atoms with Gasteiger partial charge in [0, 0.05) is 23.4 Å². The molecule has 0 radical (unpaired) electrons.